The van der Waals surface area contributed by atoms with E-state index >= 15 is 0 Å². The lowest BCUT2D eigenvalue weighted by atomic mass is 9.96. The number of benzene rings is 2. The number of fused-ring (bicyclic) bond motifs is 2. The van der Waals surface area contributed by atoms with Crippen molar-refractivity contribution in [2.75, 3.05) is 6.61 Å². The zero-order valence-corrected chi connectivity index (χ0v) is 15.7. The molecular weight excluding hydrogens is 352 g/mol. The van der Waals surface area contributed by atoms with Gasteiger partial charge in [0.05, 0.1) is 5.56 Å². The predicted octanol–water partition coefficient (Wildman–Crippen LogP) is 5.41. The maximum atomic E-state index is 9.64. The van der Waals surface area contributed by atoms with Crippen LogP contribution in [0.2, 0.25) is 0 Å². The van der Waals surface area contributed by atoms with Crippen LogP contribution >= 0.6 is 11.3 Å². The van der Waals surface area contributed by atoms with Crippen LogP contribution in [0.1, 0.15) is 34.4 Å². The van der Waals surface area contributed by atoms with E-state index in [0.717, 1.165) is 46.2 Å². The Kier molecular flexibility index (Phi) is 4.92. The van der Waals surface area contributed by atoms with Gasteiger partial charge in [-0.2, -0.15) is 5.26 Å². The Hall–Kier alpha value is -3.08. The second-order valence-electron chi connectivity index (χ2n) is 6.45. The third kappa shape index (κ3) is 3.33. The van der Waals surface area contributed by atoms with Crippen LogP contribution in [0.15, 0.2) is 41.4 Å². The molecule has 0 N–H and O–H groups in total. The fourth-order valence-corrected chi connectivity index (χ4v) is 4.72. The average molecular weight is 370 g/mol. The number of aryl methyl sites for hydroxylation is 1. The van der Waals surface area contributed by atoms with E-state index in [1.807, 2.05) is 36.5 Å². The lowest BCUT2D eigenvalue weighted by molar-refractivity contribution is 0.370. The molecule has 0 saturated heterocycles. The van der Waals surface area contributed by atoms with Gasteiger partial charge in [-0.25, -0.2) is 4.99 Å². The number of ether oxygens (including phenoxy) is 1. The van der Waals surface area contributed by atoms with Gasteiger partial charge in [-0.3, -0.25) is 0 Å². The zero-order chi connectivity index (χ0) is 18.6. The van der Waals surface area contributed by atoms with Crippen molar-refractivity contribution < 1.29 is 4.74 Å². The molecule has 0 atom stereocenters. The maximum Gasteiger partial charge on any atom is 0.148 e. The topological polar surface area (TPSA) is 45.4 Å². The number of terminal acetylenes is 1. The second kappa shape index (κ2) is 7.66. The molecular formula is C23H18N2OS. The Labute approximate surface area is 162 Å². The number of hydrogen-bond acceptors (Lipinski definition) is 4. The molecule has 1 aromatic heterocycles. The number of nitrogens with zero attached hydrogens (tertiary/aromatic N) is 2. The lowest BCUT2D eigenvalue weighted by Crippen LogP contribution is -1.99. The molecule has 4 rings (SSSR count). The normalized spacial score (nSPS) is 13.3. The first-order valence-corrected chi connectivity index (χ1v) is 9.80. The van der Waals surface area contributed by atoms with E-state index in [0.29, 0.717) is 5.75 Å². The Morgan fingerprint density at radius 3 is 2.89 bits per heavy atom. The summed E-state index contributed by atoms with van der Waals surface area (Å²) in [5, 5.41) is 12.6. The summed E-state index contributed by atoms with van der Waals surface area (Å²) in [7, 11) is 0. The summed E-state index contributed by atoms with van der Waals surface area (Å²) in [6.45, 7) is 0.204. The molecule has 0 aliphatic heterocycles. The zero-order valence-electron chi connectivity index (χ0n) is 14.9. The third-order valence-corrected chi connectivity index (χ3v) is 6.02. The molecule has 3 nitrogen and oxygen atoms in total. The van der Waals surface area contributed by atoms with Crippen molar-refractivity contribution in [1.82, 2.24) is 0 Å². The summed E-state index contributed by atoms with van der Waals surface area (Å²) in [5.41, 5.74) is 2.82. The molecule has 2 aromatic carbocycles. The number of aliphatic imine (C=N–C) groups is 1. The van der Waals surface area contributed by atoms with E-state index in [1.165, 1.54) is 16.9 Å². The summed E-state index contributed by atoms with van der Waals surface area (Å²) >= 11 is 1.64. The van der Waals surface area contributed by atoms with E-state index in [-0.39, 0.29) is 6.61 Å². The van der Waals surface area contributed by atoms with Crippen molar-refractivity contribution in [3.05, 3.63) is 58.0 Å². The van der Waals surface area contributed by atoms with Crippen LogP contribution in [0.3, 0.4) is 0 Å². The molecule has 0 radical (unpaired) electrons. The van der Waals surface area contributed by atoms with E-state index in [1.54, 1.807) is 11.3 Å². The molecule has 1 aliphatic rings. The first-order valence-electron chi connectivity index (χ1n) is 8.98. The van der Waals surface area contributed by atoms with E-state index in [4.69, 9.17) is 16.2 Å². The molecule has 0 bridgehead atoms. The fourth-order valence-electron chi connectivity index (χ4n) is 3.53. The van der Waals surface area contributed by atoms with Gasteiger partial charge in [-0.05, 0) is 48.1 Å². The van der Waals surface area contributed by atoms with Crippen molar-refractivity contribution in [3.8, 4) is 24.2 Å². The number of rotatable bonds is 4. The van der Waals surface area contributed by atoms with Crippen LogP contribution < -0.4 is 4.74 Å². The van der Waals surface area contributed by atoms with E-state index in [2.05, 4.69) is 18.1 Å². The van der Waals surface area contributed by atoms with Crippen molar-refractivity contribution in [2.24, 2.45) is 4.99 Å². The van der Waals surface area contributed by atoms with Crippen molar-refractivity contribution >= 4 is 33.3 Å². The molecule has 132 valence electrons. The monoisotopic (exact) mass is 370 g/mol. The predicted molar refractivity (Wildman–Crippen MR) is 111 cm³/mol. The third-order valence-electron chi connectivity index (χ3n) is 4.82. The Morgan fingerprint density at radius 2 is 2.04 bits per heavy atom. The van der Waals surface area contributed by atoms with Crippen LogP contribution in [0, 0.1) is 23.7 Å². The Balaban J connectivity index is 1.80. The molecule has 0 spiro atoms. The molecule has 1 aliphatic carbocycles. The van der Waals surface area contributed by atoms with Gasteiger partial charge >= 0.3 is 0 Å². The first kappa shape index (κ1) is 17.3. The quantitative estimate of drug-likeness (QED) is 0.455. The van der Waals surface area contributed by atoms with Crippen molar-refractivity contribution in [2.45, 2.75) is 25.7 Å². The van der Waals surface area contributed by atoms with Gasteiger partial charge in [0.15, 0.2) is 0 Å². The maximum absolute atomic E-state index is 9.64. The lowest BCUT2D eigenvalue weighted by Gasteiger charge is -2.09. The molecule has 3 aromatic rings. The highest BCUT2D eigenvalue weighted by Gasteiger charge is 2.20. The van der Waals surface area contributed by atoms with Gasteiger partial charge in [-0.15, -0.1) is 17.8 Å². The molecule has 0 amide bonds. The highest BCUT2D eigenvalue weighted by molar-refractivity contribution is 7.16. The summed E-state index contributed by atoms with van der Waals surface area (Å²) in [6, 6.07) is 14.4. The number of thiophene rings is 1. The SMILES string of the molecule is C#CCOc1ccc2ccccc2c1C=Nc1sc2c(c1C#N)CCCC2. The molecule has 0 unspecified atom stereocenters. The summed E-state index contributed by atoms with van der Waals surface area (Å²) < 4.78 is 5.73. The van der Waals surface area contributed by atoms with Crippen LogP contribution in [0.4, 0.5) is 5.00 Å². The second-order valence-corrected chi connectivity index (χ2v) is 7.54. The van der Waals surface area contributed by atoms with E-state index < -0.39 is 0 Å². The average Bonchev–Trinajstić information content (AvgIpc) is 3.08. The summed E-state index contributed by atoms with van der Waals surface area (Å²) in [6.07, 6.45) is 11.5. The molecule has 27 heavy (non-hydrogen) atoms. The summed E-state index contributed by atoms with van der Waals surface area (Å²) in [5.74, 6) is 3.21. The first-order chi connectivity index (χ1) is 13.3. The standard InChI is InChI=1S/C23H18N2OS/c1-2-13-26-21-12-11-16-7-3-4-8-17(16)20(21)15-25-23-19(14-24)18-9-5-6-10-22(18)27-23/h1,3-4,7-8,11-12,15H,5-6,9-10,13H2. The number of hydrogen-bond donors (Lipinski definition) is 0. The summed E-state index contributed by atoms with van der Waals surface area (Å²) in [4.78, 5) is 6.02. The minimum Gasteiger partial charge on any atom is -0.480 e. The van der Waals surface area contributed by atoms with Crippen LogP contribution in [-0.2, 0) is 12.8 Å². The smallest absolute Gasteiger partial charge is 0.148 e. The van der Waals surface area contributed by atoms with Gasteiger partial charge in [0.25, 0.3) is 0 Å². The Bertz CT molecular complexity index is 1110. The largest absolute Gasteiger partial charge is 0.480 e. The molecule has 0 saturated carbocycles. The fraction of sp³-hybridized carbons (Fsp3) is 0.217. The molecule has 0 fully saturated rings. The minimum absolute atomic E-state index is 0.204. The highest BCUT2D eigenvalue weighted by Crippen LogP contribution is 2.39. The highest BCUT2D eigenvalue weighted by atomic mass is 32.1. The van der Waals surface area contributed by atoms with E-state index in [9.17, 15) is 5.26 Å². The molecule has 1 heterocycles. The van der Waals surface area contributed by atoms with Crippen LogP contribution in [0.5, 0.6) is 5.75 Å². The number of nitriles is 1. The van der Waals surface area contributed by atoms with Gasteiger partial charge in [0.2, 0.25) is 0 Å². The van der Waals surface area contributed by atoms with Gasteiger partial charge < -0.3 is 4.74 Å². The minimum atomic E-state index is 0.204. The van der Waals surface area contributed by atoms with Gasteiger partial charge in [0, 0.05) is 16.7 Å². The van der Waals surface area contributed by atoms with Crippen LogP contribution in [0.25, 0.3) is 10.8 Å². The van der Waals surface area contributed by atoms with Gasteiger partial charge in [0.1, 0.15) is 23.4 Å². The van der Waals surface area contributed by atoms with Crippen molar-refractivity contribution in [3.63, 3.8) is 0 Å². The van der Waals surface area contributed by atoms with Crippen LogP contribution in [-0.4, -0.2) is 12.8 Å². The van der Waals surface area contributed by atoms with Crippen molar-refractivity contribution in [1.29, 1.82) is 5.26 Å². The Morgan fingerprint density at radius 1 is 1.19 bits per heavy atom. The molecule has 4 heteroatoms. The van der Waals surface area contributed by atoms with Gasteiger partial charge in [-0.1, -0.05) is 36.3 Å².